The minimum Gasteiger partial charge on any atom is -0.497 e. The largest absolute Gasteiger partial charge is 0.497 e. The third-order valence-corrected chi connectivity index (χ3v) is 4.43. The number of nitro groups is 1. The molecule has 0 aliphatic carbocycles. The fourth-order valence-corrected chi connectivity index (χ4v) is 3.02. The van der Waals surface area contributed by atoms with Crippen LogP contribution in [0.5, 0.6) is 5.75 Å². The van der Waals surface area contributed by atoms with Gasteiger partial charge in [-0.05, 0) is 23.3 Å². The first-order valence-corrected chi connectivity index (χ1v) is 8.79. The predicted octanol–water partition coefficient (Wildman–Crippen LogP) is 4.05. The number of methoxy groups -OCH3 is 1. The fourth-order valence-electron chi connectivity index (χ4n) is 3.02. The number of para-hydroxylation sites is 1. The summed E-state index contributed by atoms with van der Waals surface area (Å²) >= 11 is 0. The summed E-state index contributed by atoms with van der Waals surface area (Å²) in [5.74, 6) is 0.431. The van der Waals surface area contributed by atoms with Gasteiger partial charge in [0.25, 0.3) is 5.69 Å². The lowest BCUT2D eigenvalue weighted by Gasteiger charge is -2.20. The van der Waals surface area contributed by atoms with Crippen LogP contribution in [0.25, 0.3) is 0 Å². The third kappa shape index (κ3) is 4.54. The van der Waals surface area contributed by atoms with Gasteiger partial charge in [0.1, 0.15) is 5.75 Å². The van der Waals surface area contributed by atoms with E-state index in [-0.39, 0.29) is 24.1 Å². The van der Waals surface area contributed by atoms with E-state index in [0.717, 1.165) is 16.9 Å². The van der Waals surface area contributed by atoms with Crippen molar-refractivity contribution in [2.24, 2.45) is 0 Å². The van der Waals surface area contributed by atoms with Gasteiger partial charge in [0, 0.05) is 11.6 Å². The SMILES string of the molecule is COc1ccc([C@@H](NC(=O)Cc2ccccc2[N+](=O)[O-])c2ccccc2)cc1. The van der Waals surface area contributed by atoms with Crippen molar-refractivity contribution in [3.05, 3.63) is 106 Å². The molecule has 3 aromatic rings. The van der Waals surface area contributed by atoms with Crippen LogP contribution in [-0.2, 0) is 11.2 Å². The van der Waals surface area contributed by atoms with Crippen LogP contribution in [0.15, 0.2) is 78.9 Å². The van der Waals surface area contributed by atoms with Gasteiger partial charge in [-0.2, -0.15) is 0 Å². The summed E-state index contributed by atoms with van der Waals surface area (Å²) in [6.07, 6.45) is -0.0728. The molecule has 3 rings (SSSR count). The maximum Gasteiger partial charge on any atom is 0.273 e. The van der Waals surface area contributed by atoms with Crippen molar-refractivity contribution in [3.63, 3.8) is 0 Å². The van der Waals surface area contributed by atoms with Crippen LogP contribution in [0.2, 0.25) is 0 Å². The quantitative estimate of drug-likeness (QED) is 0.498. The molecule has 0 aromatic heterocycles. The zero-order valence-electron chi connectivity index (χ0n) is 15.4. The predicted molar refractivity (Wildman–Crippen MR) is 106 cm³/mol. The number of nitrogens with zero attached hydrogens (tertiary/aromatic N) is 1. The molecular weight excluding hydrogens is 356 g/mol. The number of nitrogens with one attached hydrogen (secondary N) is 1. The van der Waals surface area contributed by atoms with Crippen molar-refractivity contribution in [1.29, 1.82) is 0 Å². The van der Waals surface area contributed by atoms with Gasteiger partial charge in [-0.1, -0.05) is 60.7 Å². The Balaban J connectivity index is 1.85. The van der Waals surface area contributed by atoms with Crippen LogP contribution in [-0.4, -0.2) is 17.9 Å². The first-order valence-electron chi connectivity index (χ1n) is 8.79. The van der Waals surface area contributed by atoms with Crippen molar-refractivity contribution >= 4 is 11.6 Å². The molecule has 0 heterocycles. The monoisotopic (exact) mass is 376 g/mol. The number of carbonyl (C=O) groups is 1. The van der Waals surface area contributed by atoms with Crippen molar-refractivity contribution in [2.75, 3.05) is 7.11 Å². The summed E-state index contributed by atoms with van der Waals surface area (Å²) in [4.78, 5) is 23.4. The Kier molecular flexibility index (Phi) is 6.01. The molecule has 0 radical (unpaired) electrons. The number of rotatable bonds is 7. The van der Waals surface area contributed by atoms with E-state index < -0.39 is 4.92 Å². The number of ether oxygens (including phenoxy) is 1. The number of benzene rings is 3. The van der Waals surface area contributed by atoms with E-state index in [9.17, 15) is 14.9 Å². The Hall–Kier alpha value is -3.67. The Labute approximate surface area is 162 Å². The van der Waals surface area contributed by atoms with Gasteiger partial charge in [0.2, 0.25) is 5.91 Å². The lowest BCUT2D eigenvalue weighted by molar-refractivity contribution is -0.385. The molecule has 142 valence electrons. The number of hydrogen-bond acceptors (Lipinski definition) is 4. The highest BCUT2D eigenvalue weighted by Crippen LogP contribution is 2.25. The second-order valence-corrected chi connectivity index (χ2v) is 6.25. The first kappa shape index (κ1) is 19.1. The van der Waals surface area contributed by atoms with Gasteiger partial charge < -0.3 is 10.1 Å². The summed E-state index contributed by atoms with van der Waals surface area (Å²) in [6.45, 7) is 0. The molecule has 0 aliphatic heterocycles. The molecule has 1 atom stereocenters. The van der Waals surface area contributed by atoms with E-state index in [0.29, 0.717) is 5.56 Å². The van der Waals surface area contributed by atoms with Crippen LogP contribution in [0.3, 0.4) is 0 Å². The molecular formula is C22H20N2O4. The highest BCUT2D eigenvalue weighted by molar-refractivity contribution is 5.80. The number of nitro benzene ring substituents is 1. The average molecular weight is 376 g/mol. The summed E-state index contributed by atoms with van der Waals surface area (Å²) in [7, 11) is 1.60. The van der Waals surface area contributed by atoms with Gasteiger partial charge >= 0.3 is 0 Å². The molecule has 0 aliphatic rings. The molecule has 0 unspecified atom stereocenters. The highest BCUT2D eigenvalue weighted by Gasteiger charge is 2.20. The second-order valence-electron chi connectivity index (χ2n) is 6.25. The summed E-state index contributed by atoms with van der Waals surface area (Å²) < 4.78 is 5.20. The normalized spacial score (nSPS) is 11.5. The van der Waals surface area contributed by atoms with E-state index in [1.807, 2.05) is 54.6 Å². The Morgan fingerprint density at radius 1 is 0.964 bits per heavy atom. The zero-order valence-corrected chi connectivity index (χ0v) is 15.4. The third-order valence-electron chi connectivity index (χ3n) is 4.43. The Morgan fingerprint density at radius 2 is 1.57 bits per heavy atom. The average Bonchev–Trinajstić information content (AvgIpc) is 2.73. The molecule has 0 saturated heterocycles. The molecule has 0 fully saturated rings. The molecule has 28 heavy (non-hydrogen) atoms. The van der Waals surface area contributed by atoms with Crippen LogP contribution in [0.1, 0.15) is 22.7 Å². The summed E-state index contributed by atoms with van der Waals surface area (Å²) in [5.41, 5.74) is 2.14. The van der Waals surface area contributed by atoms with Crippen molar-refractivity contribution in [2.45, 2.75) is 12.5 Å². The van der Waals surface area contributed by atoms with Gasteiger partial charge in [0.05, 0.1) is 24.5 Å². The lowest BCUT2D eigenvalue weighted by atomic mass is 9.98. The van der Waals surface area contributed by atoms with E-state index in [2.05, 4.69) is 5.32 Å². The van der Waals surface area contributed by atoms with Crippen molar-refractivity contribution < 1.29 is 14.5 Å². The van der Waals surface area contributed by atoms with Crippen LogP contribution in [0.4, 0.5) is 5.69 Å². The lowest BCUT2D eigenvalue weighted by Crippen LogP contribution is -2.30. The van der Waals surface area contributed by atoms with E-state index >= 15 is 0 Å². The topological polar surface area (TPSA) is 81.5 Å². The van der Waals surface area contributed by atoms with Crippen molar-refractivity contribution in [1.82, 2.24) is 5.32 Å². The molecule has 3 aromatic carbocycles. The molecule has 1 amide bonds. The molecule has 1 N–H and O–H groups in total. The van der Waals surface area contributed by atoms with Gasteiger partial charge in [-0.25, -0.2) is 0 Å². The highest BCUT2D eigenvalue weighted by atomic mass is 16.6. The van der Waals surface area contributed by atoms with Crippen LogP contribution < -0.4 is 10.1 Å². The molecule has 0 saturated carbocycles. The number of amides is 1. The molecule has 6 heteroatoms. The van der Waals surface area contributed by atoms with Gasteiger partial charge in [-0.15, -0.1) is 0 Å². The maximum atomic E-state index is 12.7. The van der Waals surface area contributed by atoms with Crippen LogP contribution in [0, 0.1) is 10.1 Å². The summed E-state index contributed by atoms with van der Waals surface area (Å²) in [5, 5.41) is 14.2. The Morgan fingerprint density at radius 3 is 2.21 bits per heavy atom. The van der Waals surface area contributed by atoms with E-state index in [1.165, 1.54) is 6.07 Å². The maximum absolute atomic E-state index is 12.7. The molecule has 6 nitrogen and oxygen atoms in total. The molecule has 0 spiro atoms. The standard InChI is InChI=1S/C22H20N2O4/c1-28-19-13-11-17(12-14-19)22(16-7-3-2-4-8-16)23-21(25)15-18-9-5-6-10-20(18)24(26)27/h2-14,22H,15H2,1H3,(H,23,25)/t22-/m0/s1. The van der Waals surface area contributed by atoms with Crippen LogP contribution >= 0.6 is 0 Å². The Bertz CT molecular complexity index is 956. The molecule has 0 bridgehead atoms. The smallest absolute Gasteiger partial charge is 0.273 e. The minimum atomic E-state index is -0.471. The number of hydrogen-bond donors (Lipinski definition) is 1. The number of carbonyl (C=O) groups excluding carboxylic acids is 1. The zero-order chi connectivity index (χ0) is 19.9. The van der Waals surface area contributed by atoms with E-state index in [4.69, 9.17) is 4.74 Å². The van der Waals surface area contributed by atoms with Gasteiger partial charge in [0.15, 0.2) is 0 Å². The summed E-state index contributed by atoms with van der Waals surface area (Å²) in [6, 6.07) is 22.9. The fraction of sp³-hybridized carbons (Fsp3) is 0.136. The first-order chi connectivity index (χ1) is 13.6. The van der Waals surface area contributed by atoms with E-state index in [1.54, 1.807) is 25.3 Å². The second kappa shape index (κ2) is 8.81. The van der Waals surface area contributed by atoms with Gasteiger partial charge in [-0.3, -0.25) is 14.9 Å². The minimum absolute atomic E-state index is 0.0571. The van der Waals surface area contributed by atoms with Crippen molar-refractivity contribution in [3.8, 4) is 5.75 Å².